The first kappa shape index (κ1) is 18.3. The predicted molar refractivity (Wildman–Crippen MR) is 107 cm³/mol. The molecule has 2 saturated heterocycles. The van der Waals surface area contributed by atoms with Gasteiger partial charge < -0.3 is 4.90 Å². The zero-order chi connectivity index (χ0) is 19.2. The van der Waals surface area contributed by atoms with Crippen LogP contribution < -0.4 is 4.90 Å². The van der Waals surface area contributed by atoms with Crippen LogP contribution in [0.4, 0.5) is 10.5 Å². The smallest absolute Gasteiger partial charge is 0.314 e. The van der Waals surface area contributed by atoms with Gasteiger partial charge in [0.1, 0.15) is 0 Å². The van der Waals surface area contributed by atoms with E-state index < -0.39 is 9.84 Å². The number of carbonyl (C=O) groups excluding carboxylic acids is 1. The maximum Gasteiger partial charge on any atom is 0.325 e. The number of carbonyl (C=O) groups is 1. The van der Waals surface area contributed by atoms with Crippen LogP contribution in [-0.4, -0.2) is 42.9 Å². The minimum atomic E-state index is -3.19. The summed E-state index contributed by atoms with van der Waals surface area (Å²) >= 11 is 6.27. The summed E-state index contributed by atoms with van der Waals surface area (Å²) in [7, 11) is -3.19. The van der Waals surface area contributed by atoms with Crippen molar-refractivity contribution < 1.29 is 13.2 Å². The second-order valence-electron chi connectivity index (χ2n) is 7.10. The molecule has 2 heterocycles. The molecule has 2 fully saturated rings. The number of sulfone groups is 1. The van der Waals surface area contributed by atoms with E-state index in [1.807, 2.05) is 42.5 Å². The minimum Gasteiger partial charge on any atom is -0.314 e. The number of benzene rings is 2. The molecule has 0 bridgehead atoms. The number of aryl methyl sites for hydroxylation is 1. The van der Waals surface area contributed by atoms with E-state index in [-0.39, 0.29) is 29.6 Å². The Bertz CT molecular complexity index is 975. The van der Waals surface area contributed by atoms with Gasteiger partial charge in [-0.05, 0) is 35.7 Å². The van der Waals surface area contributed by atoms with Gasteiger partial charge in [-0.25, -0.2) is 13.2 Å². The number of amides is 2. The predicted octanol–water partition coefficient (Wildman–Crippen LogP) is 3.51. The van der Waals surface area contributed by atoms with Gasteiger partial charge in [0.15, 0.2) is 9.84 Å². The Morgan fingerprint density at radius 3 is 2.37 bits per heavy atom. The van der Waals surface area contributed by atoms with Crippen LogP contribution in [0.15, 0.2) is 48.5 Å². The second kappa shape index (κ2) is 6.84. The summed E-state index contributed by atoms with van der Waals surface area (Å²) in [6.45, 7) is 2.37. The summed E-state index contributed by atoms with van der Waals surface area (Å²) in [5, 5.41) is 0.577. The third-order valence-electron chi connectivity index (χ3n) is 5.40. The normalized spacial score (nSPS) is 23.7. The molecule has 0 spiro atoms. The Morgan fingerprint density at radius 1 is 1.04 bits per heavy atom. The highest BCUT2D eigenvalue weighted by Crippen LogP contribution is 2.36. The molecular weight excluding hydrogens is 384 g/mol. The summed E-state index contributed by atoms with van der Waals surface area (Å²) in [6.07, 6.45) is 0.910. The van der Waals surface area contributed by atoms with Crippen molar-refractivity contribution in [1.29, 1.82) is 0 Å². The fraction of sp³-hybridized carbons (Fsp3) is 0.350. The first-order valence-corrected chi connectivity index (χ1v) is 11.2. The maximum absolute atomic E-state index is 13.2. The van der Waals surface area contributed by atoms with E-state index in [0.29, 0.717) is 11.6 Å². The molecule has 0 saturated carbocycles. The quantitative estimate of drug-likeness (QED) is 0.732. The van der Waals surface area contributed by atoms with Gasteiger partial charge in [0, 0.05) is 17.3 Å². The fourth-order valence-electron chi connectivity index (χ4n) is 3.97. The van der Waals surface area contributed by atoms with Crippen LogP contribution in [0, 0.1) is 0 Å². The lowest BCUT2D eigenvalue weighted by molar-refractivity contribution is 0.206. The molecule has 0 radical (unpaired) electrons. The molecule has 5 nitrogen and oxygen atoms in total. The van der Waals surface area contributed by atoms with Gasteiger partial charge in [-0.2, -0.15) is 0 Å². The summed E-state index contributed by atoms with van der Waals surface area (Å²) in [4.78, 5) is 16.5. The fourth-order valence-corrected chi connectivity index (χ4v) is 6.11. The van der Waals surface area contributed by atoms with E-state index in [1.54, 1.807) is 15.9 Å². The Kier molecular flexibility index (Phi) is 4.64. The van der Waals surface area contributed by atoms with Crippen molar-refractivity contribution in [1.82, 2.24) is 4.90 Å². The zero-order valence-corrected chi connectivity index (χ0v) is 16.6. The average molecular weight is 405 g/mol. The van der Waals surface area contributed by atoms with Crippen LogP contribution in [0.2, 0.25) is 5.02 Å². The number of hydrogen-bond acceptors (Lipinski definition) is 3. The Balaban J connectivity index is 1.70. The molecule has 7 heteroatoms. The summed E-state index contributed by atoms with van der Waals surface area (Å²) in [6, 6.07) is 14.2. The summed E-state index contributed by atoms with van der Waals surface area (Å²) < 4.78 is 24.6. The second-order valence-corrected chi connectivity index (χ2v) is 9.66. The first-order valence-electron chi connectivity index (χ1n) is 9.02. The molecule has 142 valence electrons. The standard InChI is InChI=1S/C20H21ClN2O3S/c1-2-14-7-9-16(10-8-14)23-19-13-27(25,26)12-18(19)22(20(23)24)11-15-5-3-4-6-17(15)21/h3-10,18-19H,2,11-13H2,1H3/t18-,19+/m0/s1. The number of halogens is 1. The monoisotopic (exact) mass is 404 g/mol. The highest BCUT2D eigenvalue weighted by Gasteiger charge is 2.53. The van der Waals surface area contributed by atoms with Gasteiger partial charge in [0.25, 0.3) is 0 Å². The SMILES string of the molecule is CCc1ccc(N2C(=O)N(Cc3ccccc3Cl)[C@H]3CS(=O)(=O)C[C@H]32)cc1. The molecule has 2 aliphatic heterocycles. The number of urea groups is 1. The average Bonchev–Trinajstić information content (AvgIpc) is 3.07. The molecule has 2 aliphatic rings. The molecular formula is C20H21ClN2O3S. The van der Waals surface area contributed by atoms with E-state index in [2.05, 4.69) is 6.92 Å². The van der Waals surface area contributed by atoms with Crippen LogP contribution >= 0.6 is 11.6 Å². The Hall–Kier alpha value is -2.05. The van der Waals surface area contributed by atoms with E-state index in [1.165, 1.54) is 5.56 Å². The number of nitrogens with zero attached hydrogens (tertiary/aromatic N) is 2. The maximum atomic E-state index is 13.2. The van der Waals surface area contributed by atoms with Gasteiger partial charge in [-0.1, -0.05) is 48.9 Å². The molecule has 0 aliphatic carbocycles. The number of hydrogen-bond donors (Lipinski definition) is 0. The lowest BCUT2D eigenvalue weighted by Gasteiger charge is -2.23. The largest absolute Gasteiger partial charge is 0.325 e. The number of anilines is 1. The highest BCUT2D eigenvalue weighted by atomic mass is 35.5. The van der Waals surface area contributed by atoms with Gasteiger partial charge in [0.05, 0.1) is 23.6 Å². The van der Waals surface area contributed by atoms with Crippen molar-refractivity contribution in [3.63, 3.8) is 0 Å². The molecule has 2 atom stereocenters. The van der Waals surface area contributed by atoms with E-state index in [0.717, 1.165) is 17.7 Å². The third kappa shape index (κ3) is 3.32. The lowest BCUT2D eigenvalue weighted by atomic mass is 10.1. The van der Waals surface area contributed by atoms with E-state index in [4.69, 9.17) is 11.6 Å². The zero-order valence-electron chi connectivity index (χ0n) is 15.0. The molecule has 0 N–H and O–H groups in total. The summed E-state index contributed by atoms with van der Waals surface area (Å²) in [5.74, 6) is -0.00460. The third-order valence-corrected chi connectivity index (χ3v) is 7.47. The highest BCUT2D eigenvalue weighted by molar-refractivity contribution is 7.91. The van der Waals surface area contributed by atoms with Gasteiger partial charge >= 0.3 is 6.03 Å². The Labute approximate surface area is 164 Å². The van der Waals surface area contributed by atoms with Crippen LogP contribution in [0.25, 0.3) is 0 Å². The van der Waals surface area contributed by atoms with E-state index in [9.17, 15) is 13.2 Å². The van der Waals surface area contributed by atoms with E-state index >= 15 is 0 Å². The first-order chi connectivity index (χ1) is 12.9. The van der Waals surface area contributed by atoms with Gasteiger partial charge in [-0.3, -0.25) is 4.90 Å². The molecule has 27 heavy (non-hydrogen) atoms. The molecule has 0 unspecified atom stereocenters. The van der Waals surface area contributed by atoms with Crippen LogP contribution in [0.3, 0.4) is 0 Å². The van der Waals surface area contributed by atoms with Crippen molar-refractivity contribution in [2.75, 3.05) is 16.4 Å². The van der Waals surface area contributed by atoms with Gasteiger partial charge in [0.2, 0.25) is 0 Å². The van der Waals surface area contributed by atoms with Crippen molar-refractivity contribution in [3.05, 3.63) is 64.7 Å². The molecule has 2 aromatic rings. The number of rotatable bonds is 4. The molecule has 2 aromatic carbocycles. The van der Waals surface area contributed by atoms with Crippen LogP contribution in [0.5, 0.6) is 0 Å². The van der Waals surface area contributed by atoms with Crippen LogP contribution in [0.1, 0.15) is 18.1 Å². The van der Waals surface area contributed by atoms with Crippen molar-refractivity contribution in [2.45, 2.75) is 32.0 Å². The van der Waals surface area contributed by atoms with Crippen molar-refractivity contribution in [2.24, 2.45) is 0 Å². The van der Waals surface area contributed by atoms with Crippen molar-refractivity contribution in [3.8, 4) is 0 Å². The minimum absolute atomic E-state index is 0.00203. The van der Waals surface area contributed by atoms with Crippen LogP contribution in [-0.2, 0) is 22.8 Å². The van der Waals surface area contributed by atoms with Crippen molar-refractivity contribution >= 4 is 33.2 Å². The lowest BCUT2D eigenvalue weighted by Crippen LogP contribution is -2.37. The Morgan fingerprint density at radius 2 is 1.70 bits per heavy atom. The van der Waals surface area contributed by atoms with Gasteiger partial charge in [-0.15, -0.1) is 0 Å². The molecule has 0 aromatic heterocycles. The molecule has 4 rings (SSSR count). The topological polar surface area (TPSA) is 57.7 Å². The number of fused-ring (bicyclic) bond motifs is 1. The molecule has 2 amide bonds. The summed E-state index contributed by atoms with van der Waals surface area (Å²) in [5.41, 5.74) is 2.73.